The van der Waals surface area contributed by atoms with Crippen LogP contribution < -0.4 is 34.3 Å². The van der Waals surface area contributed by atoms with Crippen molar-refractivity contribution >= 4 is 27.0 Å². The molecule has 0 spiro atoms. The van der Waals surface area contributed by atoms with Gasteiger partial charge in [0.05, 0.1) is 13.7 Å². The molecule has 0 aliphatic rings. The van der Waals surface area contributed by atoms with Crippen LogP contribution in [0.15, 0.2) is 54.7 Å². The first kappa shape index (κ1) is 22.4. The maximum atomic E-state index is 11.7. The number of rotatable bonds is 7. The van der Waals surface area contributed by atoms with Crippen LogP contribution in [0, 0.1) is 0 Å². The van der Waals surface area contributed by atoms with Crippen molar-refractivity contribution in [2.24, 2.45) is 0 Å². The molecule has 0 saturated carbocycles. The fourth-order valence-electron chi connectivity index (χ4n) is 2.89. The third kappa shape index (κ3) is 5.15. The molecule has 0 saturated heterocycles. The monoisotopic (exact) mass is 413 g/mol. The first-order chi connectivity index (χ1) is 12.9. The van der Waals surface area contributed by atoms with E-state index in [2.05, 4.69) is 9.72 Å². The first-order valence-electron chi connectivity index (χ1n) is 8.22. The second-order valence-electron chi connectivity index (χ2n) is 5.95. The van der Waals surface area contributed by atoms with Gasteiger partial charge in [-0.1, -0.05) is 30.3 Å². The third-order valence-corrected chi connectivity index (χ3v) is 5.27. The average molecular weight is 413 g/mol. The number of nitrogens with one attached hydrogen (secondary N) is 1. The predicted molar refractivity (Wildman–Crippen MR) is 101 cm³/mol. The van der Waals surface area contributed by atoms with Gasteiger partial charge in [-0.3, -0.25) is 9.35 Å². The van der Waals surface area contributed by atoms with E-state index in [9.17, 15) is 17.8 Å². The second kappa shape index (κ2) is 9.58. The van der Waals surface area contributed by atoms with Gasteiger partial charge in [-0.25, -0.2) is 0 Å². The Morgan fingerprint density at radius 3 is 2.50 bits per heavy atom. The zero-order chi connectivity index (χ0) is 19.4. The molecule has 9 heteroatoms. The summed E-state index contributed by atoms with van der Waals surface area (Å²) in [5, 5.41) is -0.631. The molecule has 0 fully saturated rings. The van der Waals surface area contributed by atoms with Crippen molar-refractivity contribution in [3.63, 3.8) is 0 Å². The normalized spacial score (nSPS) is 12.2. The van der Waals surface area contributed by atoms with Crippen molar-refractivity contribution < 1.29 is 58.2 Å². The van der Waals surface area contributed by atoms with Crippen LogP contribution in [0.2, 0.25) is 0 Å². The van der Waals surface area contributed by atoms with Crippen LogP contribution in [-0.4, -0.2) is 37.6 Å². The molecular weight excluding hydrogens is 393 g/mol. The molecule has 0 aliphatic carbocycles. The summed E-state index contributed by atoms with van der Waals surface area (Å²) in [6.45, 7) is 0.430. The molecule has 1 unspecified atom stereocenters. The molecule has 7 nitrogen and oxygen atoms in total. The van der Waals surface area contributed by atoms with Gasteiger partial charge in [-0.2, -0.15) is 8.42 Å². The average Bonchev–Trinajstić information content (AvgIpc) is 3.05. The Labute approximate surface area is 186 Å². The Bertz CT molecular complexity index is 1050. The number of aromatic amines is 1. The van der Waals surface area contributed by atoms with Crippen molar-refractivity contribution in [2.75, 3.05) is 13.7 Å². The van der Waals surface area contributed by atoms with E-state index in [-0.39, 0.29) is 36.5 Å². The fourth-order valence-corrected chi connectivity index (χ4v) is 3.73. The van der Waals surface area contributed by atoms with Gasteiger partial charge < -0.3 is 15.9 Å². The third-order valence-electron chi connectivity index (χ3n) is 4.21. The number of ether oxygens (including phenoxy) is 2. The predicted octanol–water partition coefficient (Wildman–Crippen LogP) is 0.00780. The SMILES string of the molecule is COC(=O)C(c1ccc(OCCc2c[nH]c3ccccc23)cc1)S(=O)(=O)O.[H-].[Na+]. The number of hydrogen-bond donors (Lipinski definition) is 2. The minimum atomic E-state index is -4.63. The van der Waals surface area contributed by atoms with Gasteiger partial charge in [0.2, 0.25) is 5.25 Å². The number of para-hydroxylation sites is 1. The van der Waals surface area contributed by atoms with Crippen molar-refractivity contribution in [1.82, 2.24) is 4.98 Å². The molecule has 3 rings (SSSR count). The van der Waals surface area contributed by atoms with Crippen LogP contribution in [0.3, 0.4) is 0 Å². The molecule has 0 amide bonds. The largest absolute Gasteiger partial charge is 1.00 e. The molecule has 0 radical (unpaired) electrons. The molecule has 2 aromatic carbocycles. The number of benzene rings is 2. The number of fused-ring (bicyclic) bond motifs is 1. The number of methoxy groups -OCH3 is 1. The molecule has 1 heterocycles. The summed E-state index contributed by atoms with van der Waals surface area (Å²) in [6, 6.07) is 13.9. The Morgan fingerprint density at radius 2 is 1.86 bits per heavy atom. The van der Waals surface area contributed by atoms with E-state index in [1.165, 1.54) is 12.1 Å². The fraction of sp³-hybridized carbons (Fsp3) is 0.211. The van der Waals surface area contributed by atoms with E-state index < -0.39 is 21.3 Å². The van der Waals surface area contributed by atoms with E-state index in [4.69, 9.17) is 4.74 Å². The number of carbonyl (C=O) groups excluding carboxylic acids is 1. The summed E-state index contributed by atoms with van der Waals surface area (Å²) < 4.78 is 42.3. The molecule has 1 atom stereocenters. The van der Waals surface area contributed by atoms with E-state index in [0.29, 0.717) is 18.8 Å². The van der Waals surface area contributed by atoms with Crippen molar-refractivity contribution in [1.29, 1.82) is 0 Å². The Kier molecular flexibility index (Phi) is 7.68. The van der Waals surface area contributed by atoms with Crippen LogP contribution >= 0.6 is 0 Å². The van der Waals surface area contributed by atoms with Crippen LogP contribution in [0.4, 0.5) is 0 Å². The summed E-state index contributed by atoms with van der Waals surface area (Å²) in [5.41, 5.74) is 2.31. The Balaban J connectivity index is 0.00000210. The second-order valence-corrected chi connectivity index (χ2v) is 7.45. The number of aromatic nitrogens is 1. The number of carbonyl (C=O) groups is 1. The summed E-state index contributed by atoms with van der Waals surface area (Å²) >= 11 is 0. The zero-order valence-corrected chi connectivity index (χ0v) is 18.4. The Morgan fingerprint density at radius 1 is 1.18 bits per heavy atom. The van der Waals surface area contributed by atoms with Crippen molar-refractivity contribution in [3.8, 4) is 5.75 Å². The molecule has 1 aromatic heterocycles. The Hall–Kier alpha value is -1.84. The number of hydrogen-bond acceptors (Lipinski definition) is 5. The standard InChI is InChI=1S/C19H19NO6S.Na.H/c1-25-19(21)18(27(22,23)24)13-6-8-15(9-7-13)26-11-10-14-12-20-17-5-3-2-4-16(14)17;;/h2-9,12,18,20H,10-11H2,1H3,(H,22,23,24);;/q;+1;-1. The van der Waals surface area contributed by atoms with E-state index in [1.807, 2.05) is 30.5 Å². The number of H-pyrrole nitrogens is 1. The van der Waals surface area contributed by atoms with E-state index in [1.54, 1.807) is 12.1 Å². The minimum Gasteiger partial charge on any atom is -1.00 e. The first-order valence-corrected chi connectivity index (χ1v) is 9.72. The molecule has 2 N–H and O–H groups in total. The molecule has 144 valence electrons. The van der Waals surface area contributed by atoms with Gasteiger partial charge >= 0.3 is 35.5 Å². The maximum Gasteiger partial charge on any atom is 1.00 e. The van der Waals surface area contributed by atoms with E-state index in [0.717, 1.165) is 23.6 Å². The van der Waals surface area contributed by atoms with Crippen LogP contribution in [0.25, 0.3) is 10.9 Å². The van der Waals surface area contributed by atoms with Crippen LogP contribution in [0.1, 0.15) is 17.8 Å². The van der Waals surface area contributed by atoms with Gasteiger partial charge in [0, 0.05) is 23.5 Å². The van der Waals surface area contributed by atoms with Gasteiger partial charge in [0.1, 0.15) is 5.75 Å². The maximum absolute atomic E-state index is 11.7. The minimum absolute atomic E-state index is 0. The summed E-state index contributed by atoms with van der Waals surface area (Å²) in [4.78, 5) is 14.9. The summed E-state index contributed by atoms with van der Waals surface area (Å²) in [6.07, 6.45) is 2.64. The topological polar surface area (TPSA) is 106 Å². The van der Waals surface area contributed by atoms with Crippen LogP contribution in [-0.2, 0) is 26.1 Å². The molecule has 0 bridgehead atoms. The van der Waals surface area contributed by atoms with Gasteiger partial charge in [0.15, 0.2) is 0 Å². The molecule has 28 heavy (non-hydrogen) atoms. The van der Waals surface area contributed by atoms with Crippen LogP contribution in [0.5, 0.6) is 5.75 Å². The quantitative estimate of drug-likeness (QED) is 0.321. The van der Waals surface area contributed by atoms with Gasteiger partial charge in [0.25, 0.3) is 10.1 Å². The molecular formula is C19H20NNaO6S. The zero-order valence-electron chi connectivity index (χ0n) is 16.6. The van der Waals surface area contributed by atoms with Gasteiger partial charge in [-0.15, -0.1) is 0 Å². The number of esters is 1. The summed E-state index contributed by atoms with van der Waals surface area (Å²) in [7, 11) is -3.57. The van der Waals surface area contributed by atoms with Crippen molar-refractivity contribution in [3.05, 3.63) is 65.9 Å². The van der Waals surface area contributed by atoms with Gasteiger partial charge in [-0.05, 0) is 29.3 Å². The molecule has 3 aromatic rings. The smallest absolute Gasteiger partial charge is 1.00 e. The summed E-state index contributed by atoms with van der Waals surface area (Å²) in [5.74, 6) is -0.525. The van der Waals surface area contributed by atoms with Crippen molar-refractivity contribution in [2.45, 2.75) is 11.7 Å². The van der Waals surface area contributed by atoms with E-state index >= 15 is 0 Å². The molecule has 0 aliphatic heterocycles.